The molecule has 3 rings (SSSR count). The molecular formula is C18H12Cl2N2O4S. The number of benzene rings is 2. The maximum Gasteiger partial charge on any atom is 0.270 e. The molecule has 27 heavy (non-hydrogen) atoms. The van der Waals surface area contributed by atoms with Gasteiger partial charge in [0.1, 0.15) is 5.57 Å². The highest BCUT2D eigenvalue weighted by atomic mass is 35.5. The van der Waals surface area contributed by atoms with Gasteiger partial charge >= 0.3 is 0 Å². The molecule has 1 aliphatic heterocycles. The van der Waals surface area contributed by atoms with Crippen molar-refractivity contribution < 1.29 is 19.4 Å². The van der Waals surface area contributed by atoms with Gasteiger partial charge in [0.2, 0.25) is 0 Å². The normalized spacial score (nSPS) is 15.9. The first-order valence-corrected chi connectivity index (χ1v) is 8.71. The summed E-state index contributed by atoms with van der Waals surface area (Å²) in [4.78, 5) is 26.4. The second kappa shape index (κ2) is 7.56. The zero-order valence-electron chi connectivity index (χ0n) is 13.8. The molecule has 0 aromatic heterocycles. The van der Waals surface area contributed by atoms with Gasteiger partial charge in [0.25, 0.3) is 11.8 Å². The van der Waals surface area contributed by atoms with Crippen LogP contribution in [0.25, 0.3) is 6.08 Å². The second-order valence-electron chi connectivity index (χ2n) is 5.49. The lowest BCUT2D eigenvalue weighted by Gasteiger charge is -2.29. The molecule has 0 aliphatic carbocycles. The van der Waals surface area contributed by atoms with E-state index in [1.165, 1.54) is 30.2 Å². The largest absolute Gasteiger partial charge is 0.503 e. The van der Waals surface area contributed by atoms with Crippen LogP contribution in [0.3, 0.4) is 0 Å². The van der Waals surface area contributed by atoms with E-state index in [1.807, 2.05) is 0 Å². The van der Waals surface area contributed by atoms with Gasteiger partial charge in [-0.3, -0.25) is 19.8 Å². The van der Waals surface area contributed by atoms with Crippen molar-refractivity contribution in [1.29, 1.82) is 0 Å². The first-order valence-electron chi connectivity index (χ1n) is 7.55. The highest BCUT2D eigenvalue weighted by Gasteiger charge is 2.34. The molecule has 1 aliphatic rings. The molecule has 6 nitrogen and oxygen atoms in total. The van der Waals surface area contributed by atoms with Crippen molar-refractivity contribution >= 4 is 64.1 Å². The summed E-state index contributed by atoms with van der Waals surface area (Å²) in [5.41, 5.74) is 0.709. The standard InChI is InChI=1S/C18H12Cl2N2O4S/c1-26-14-8-9(7-13(20)15(14)23)6-12-16(24)21-18(27)22(17(12)25)11-4-2-10(19)3-5-11/h2-8,23H,1H3,(H,21,24,27). The summed E-state index contributed by atoms with van der Waals surface area (Å²) in [7, 11) is 1.36. The number of carbonyl (C=O) groups is 2. The zero-order chi connectivity index (χ0) is 19.7. The third-order valence-electron chi connectivity index (χ3n) is 3.77. The van der Waals surface area contributed by atoms with Crippen LogP contribution in [0, 0.1) is 0 Å². The van der Waals surface area contributed by atoms with Crippen molar-refractivity contribution in [2.24, 2.45) is 0 Å². The molecule has 0 bridgehead atoms. The molecular weight excluding hydrogens is 411 g/mol. The van der Waals surface area contributed by atoms with Crippen LogP contribution in [0.5, 0.6) is 11.5 Å². The molecule has 2 amide bonds. The fraction of sp³-hybridized carbons (Fsp3) is 0.0556. The molecule has 0 radical (unpaired) electrons. The van der Waals surface area contributed by atoms with Crippen molar-refractivity contribution in [3.8, 4) is 11.5 Å². The lowest BCUT2D eigenvalue weighted by molar-refractivity contribution is -0.122. The molecule has 1 fully saturated rings. The van der Waals surface area contributed by atoms with Crippen molar-refractivity contribution in [3.05, 3.63) is 57.6 Å². The van der Waals surface area contributed by atoms with E-state index in [4.69, 9.17) is 40.2 Å². The first-order chi connectivity index (χ1) is 12.8. The number of phenolic OH excluding ortho intramolecular Hbond substituents is 1. The summed E-state index contributed by atoms with van der Waals surface area (Å²) in [6.07, 6.45) is 1.34. The number of hydrogen-bond donors (Lipinski definition) is 2. The van der Waals surface area contributed by atoms with Crippen molar-refractivity contribution in [2.45, 2.75) is 0 Å². The topological polar surface area (TPSA) is 78.9 Å². The van der Waals surface area contributed by atoms with E-state index in [9.17, 15) is 14.7 Å². The third-order valence-corrected chi connectivity index (χ3v) is 4.59. The summed E-state index contributed by atoms with van der Waals surface area (Å²) in [5.74, 6) is -1.36. The summed E-state index contributed by atoms with van der Waals surface area (Å²) in [6, 6.07) is 9.30. The fourth-order valence-corrected chi connectivity index (χ4v) is 3.11. The smallest absolute Gasteiger partial charge is 0.270 e. The maximum atomic E-state index is 12.9. The van der Waals surface area contributed by atoms with Gasteiger partial charge in [0, 0.05) is 5.02 Å². The second-order valence-corrected chi connectivity index (χ2v) is 6.72. The minimum absolute atomic E-state index is 0.0231. The number of aromatic hydroxyl groups is 1. The number of hydrogen-bond acceptors (Lipinski definition) is 5. The predicted molar refractivity (Wildman–Crippen MR) is 107 cm³/mol. The SMILES string of the molecule is COc1cc(C=C2C(=O)NC(=S)N(c3ccc(Cl)cc3)C2=O)cc(Cl)c1O. The van der Waals surface area contributed by atoms with E-state index in [-0.39, 0.29) is 27.2 Å². The first kappa shape index (κ1) is 19.2. The zero-order valence-corrected chi connectivity index (χ0v) is 16.2. The molecule has 2 aromatic rings. The van der Waals surface area contributed by atoms with E-state index < -0.39 is 11.8 Å². The van der Waals surface area contributed by atoms with Gasteiger partial charge in [-0.1, -0.05) is 23.2 Å². The molecule has 0 saturated carbocycles. The molecule has 138 valence electrons. The van der Waals surface area contributed by atoms with E-state index >= 15 is 0 Å². The molecule has 1 heterocycles. The lowest BCUT2D eigenvalue weighted by atomic mass is 10.1. The number of anilines is 1. The number of thiocarbonyl (C=S) groups is 1. The molecule has 2 aromatic carbocycles. The Labute approximate surface area is 169 Å². The van der Waals surface area contributed by atoms with Gasteiger partial charge in [-0.2, -0.15) is 0 Å². The molecule has 0 unspecified atom stereocenters. The van der Waals surface area contributed by atoms with Gasteiger partial charge < -0.3 is 9.84 Å². The van der Waals surface area contributed by atoms with Gasteiger partial charge in [0.05, 0.1) is 17.8 Å². The highest BCUT2D eigenvalue weighted by molar-refractivity contribution is 7.80. The average molecular weight is 423 g/mol. The minimum atomic E-state index is -0.640. The Kier molecular flexibility index (Phi) is 5.36. The Morgan fingerprint density at radius 1 is 1.19 bits per heavy atom. The average Bonchev–Trinajstić information content (AvgIpc) is 2.62. The highest BCUT2D eigenvalue weighted by Crippen LogP contribution is 2.36. The number of amides is 2. The Bertz CT molecular complexity index is 990. The molecule has 0 spiro atoms. The van der Waals surface area contributed by atoms with E-state index in [0.717, 1.165) is 0 Å². The van der Waals surface area contributed by atoms with Crippen LogP contribution in [0.2, 0.25) is 10.0 Å². The number of nitrogens with one attached hydrogen (secondary N) is 1. The number of methoxy groups -OCH3 is 1. The van der Waals surface area contributed by atoms with Crippen LogP contribution in [0.4, 0.5) is 5.69 Å². The third kappa shape index (κ3) is 3.75. The number of nitrogens with zero attached hydrogens (tertiary/aromatic N) is 1. The lowest BCUT2D eigenvalue weighted by Crippen LogP contribution is -2.54. The molecule has 1 saturated heterocycles. The number of halogens is 2. The van der Waals surface area contributed by atoms with Gasteiger partial charge in [-0.15, -0.1) is 0 Å². The maximum absolute atomic E-state index is 12.9. The monoisotopic (exact) mass is 422 g/mol. The fourth-order valence-electron chi connectivity index (χ4n) is 2.48. The van der Waals surface area contributed by atoms with Crippen LogP contribution < -0.4 is 15.0 Å². The summed E-state index contributed by atoms with van der Waals surface area (Å²) < 4.78 is 5.04. The van der Waals surface area contributed by atoms with E-state index in [0.29, 0.717) is 16.3 Å². The predicted octanol–water partition coefficient (Wildman–Crippen LogP) is 3.54. The van der Waals surface area contributed by atoms with Crippen molar-refractivity contribution in [1.82, 2.24) is 5.32 Å². The van der Waals surface area contributed by atoms with Gasteiger partial charge in [-0.25, -0.2) is 0 Å². The van der Waals surface area contributed by atoms with Crippen LogP contribution in [0.15, 0.2) is 42.0 Å². The van der Waals surface area contributed by atoms with Crippen LogP contribution in [-0.4, -0.2) is 29.1 Å². The van der Waals surface area contributed by atoms with E-state index in [2.05, 4.69) is 5.32 Å². The number of rotatable bonds is 3. The Hall–Kier alpha value is -2.61. The minimum Gasteiger partial charge on any atom is -0.503 e. The van der Waals surface area contributed by atoms with Crippen molar-refractivity contribution in [2.75, 3.05) is 12.0 Å². The Morgan fingerprint density at radius 3 is 2.48 bits per heavy atom. The van der Waals surface area contributed by atoms with Gasteiger partial charge in [0.15, 0.2) is 16.6 Å². The van der Waals surface area contributed by atoms with Crippen molar-refractivity contribution in [3.63, 3.8) is 0 Å². The molecule has 0 atom stereocenters. The summed E-state index contributed by atoms with van der Waals surface area (Å²) >= 11 is 17.0. The van der Waals surface area contributed by atoms with Crippen LogP contribution in [0.1, 0.15) is 5.56 Å². The molecule has 2 N–H and O–H groups in total. The van der Waals surface area contributed by atoms with Gasteiger partial charge in [-0.05, 0) is 60.3 Å². The molecule has 9 heteroatoms. The van der Waals surface area contributed by atoms with E-state index in [1.54, 1.807) is 24.3 Å². The summed E-state index contributed by atoms with van der Waals surface area (Å²) in [5, 5.41) is 12.8. The summed E-state index contributed by atoms with van der Waals surface area (Å²) in [6.45, 7) is 0. The Morgan fingerprint density at radius 2 is 1.85 bits per heavy atom. The number of phenols is 1. The number of ether oxygens (including phenoxy) is 1. The van der Waals surface area contributed by atoms with Crippen LogP contribution >= 0.6 is 35.4 Å². The number of carbonyl (C=O) groups excluding carboxylic acids is 2. The van der Waals surface area contributed by atoms with Crippen LogP contribution in [-0.2, 0) is 9.59 Å². The quantitative estimate of drug-likeness (QED) is 0.449. The Balaban J connectivity index is 2.04.